The summed E-state index contributed by atoms with van der Waals surface area (Å²) in [6.07, 6.45) is 3.20. The molecule has 4 atom stereocenters. The van der Waals surface area contributed by atoms with Crippen LogP contribution in [0.1, 0.15) is 149 Å². The molecule has 0 spiro atoms. The number of carbonyl (C=O) groups excluding carboxylic acids is 6. The Labute approximate surface area is 316 Å². The summed E-state index contributed by atoms with van der Waals surface area (Å²) in [5.74, 6) is -0.0684. The molecule has 12 heteroatoms. The lowest BCUT2D eigenvalue weighted by Crippen LogP contribution is -2.51. The molecule has 0 heterocycles. The van der Waals surface area contributed by atoms with Crippen molar-refractivity contribution >= 4 is 35.3 Å². The summed E-state index contributed by atoms with van der Waals surface area (Å²) >= 11 is 0. The normalized spacial score (nSPS) is 14.7. The maximum Gasteiger partial charge on any atom is 0.312 e. The van der Waals surface area contributed by atoms with Gasteiger partial charge in [-0.1, -0.05) is 90.0 Å². The molecule has 8 N–H and O–H groups in total. The van der Waals surface area contributed by atoms with Gasteiger partial charge >= 0.3 is 12.1 Å². The van der Waals surface area contributed by atoms with Gasteiger partial charge in [0.15, 0.2) is 11.6 Å². The predicted octanol–water partition coefficient (Wildman–Crippen LogP) is 6.28. The van der Waals surface area contributed by atoms with Crippen LogP contribution in [0.15, 0.2) is 0 Å². The molecule has 0 aromatic carbocycles. The molecule has 0 saturated heterocycles. The topological polar surface area (TPSA) is 203 Å². The summed E-state index contributed by atoms with van der Waals surface area (Å²) in [7, 11) is 0. The highest BCUT2D eigenvalue weighted by molar-refractivity contribution is 5.93. The van der Waals surface area contributed by atoms with E-state index >= 15 is 0 Å². The van der Waals surface area contributed by atoms with E-state index in [1.54, 1.807) is 0 Å². The van der Waals surface area contributed by atoms with Gasteiger partial charge in [0.2, 0.25) is 5.91 Å². The van der Waals surface area contributed by atoms with Crippen LogP contribution in [0.5, 0.6) is 0 Å². The monoisotopic (exact) mass is 739 g/mol. The van der Waals surface area contributed by atoms with E-state index in [2.05, 4.69) is 42.0 Å². The molecule has 0 bridgehead atoms. The minimum absolute atomic E-state index is 0.00295. The maximum absolute atomic E-state index is 12.9. The van der Waals surface area contributed by atoms with E-state index in [-0.39, 0.29) is 70.3 Å². The van der Waals surface area contributed by atoms with Gasteiger partial charge in [-0.2, -0.15) is 0 Å². The van der Waals surface area contributed by atoms with Crippen LogP contribution < -0.4 is 32.7 Å². The second-order valence-corrected chi connectivity index (χ2v) is 19.3. The lowest BCUT2D eigenvalue weighted by molar-refractivity contribution is -0.135. The summed E-state index contributed by atoms with van der Waals surface area (Å²) in [4.78, 5) is 73.0. The largest absolute Gasteiger partial charge is 0.352 e. The van der Waals surface area contributed by atoms with E-state index in [4.69, 9.17) is 11.5 Å². The van der Waals surface area contributed by atoms with Crippen molar-refractivity contribution in [3.63, 3.8) is 0 Å². The number of primary amides is 2. The second-order valence-electron chi connectivity index (χ2n) is 19.3. The number of amides is 5. The van der Waals surface area contributed by atoms with Gasteiger partial charge in [-0.05, 0) is 70.1 Å². The van der Waals surface area contributed by atoms with Crippen LogP contribution in [-0.4, -0.2) is 66.0 Å². The standard InChI is InChI=1S/2C20H39N3O3/c1-13(2)14(12-19(3,4)5)17(25)23-15(16(24)20(6,7)8)10-9-11-22-18(21)26;1-13(2)16(23-20(6,7)8)15(24)12-14(17(25)19(3,4)5)10-9-11-22-18(21)26/h13-15H,9-12H2,1-8H3,(H,23,25)(H3,21,22,26);13-14,16,23H,9-12H2,1-8H3,(H3,21,22,26). The van der Waals surface area contributed by atoms with Crippen molar-refractivity contribution in [2.45, 2.75) is 167 Å². The number of Topliss-reactive ketones (excluding diaryl/α,β-unsaturated/α-hetero) is 3. The smallest absolute Gasteiger partial charge is 0.312 e. The molecule has 0 aliphatic rings. The fourth-order valence-corrected chi connectivity index (χ4v) is 5.83. The van der Waals surface area contributed by atoms with E-state index in [0.29, 0.717) is 38.8 Å². The third-order valence-corrected chi connectivity index (χ3v) is 8.50. The molecule has 0 aromatic rings. The Balaban J connectivity index is 0. The summed E-state index contributed by atoms with van der Waals surface area (Å²) in [6, 6.07) is -2.00. The third-order valence-electron chi connectivity index (χ3n) is 8.50. The molecule has 12 nitrogen and oxygen atoms in total. The number of hydrogen-bond acceptors (Lipinski definition) is 7. The van der Waals surface area contributed by atoms with Crippen LogP contribution >= 0.6 is 0 Å². The van der Waals surface area contributed by atoms with Crippen LogP contribution in [0.2, 0.25) is 0 Å². The molecular formula is C40H78N6O6. The minimum Gasteiger partial charge on any atom is -0.352 e. The Morgan fingerprint density at radius 2 is 1.06 bits per heavy atom. The highest BCUT2D eigenvalue weighted by Gasteiger charge is 2.36. The first-order valence-electron chi connectivity index (χ1n) is 19.1. The van der Waals surface area contributed by atoms with Crippen LogP contribution in [0.25, 0.3) is 0 Å². The Morgan fingerprint density at radius 1 is 0.615 bits per heavy atom. The quantitative estimate of drug-likeness (QED) is 0.0837. The Hall–Kier alpha value is -3.02. The molecule has 0 aliphatic carbocycles. The zero-order valence-corrected chi connectivity index (χ0v) is 35.7. The molecule has 0 aliphatic heterocycles. The van der Waals surface area contributed by atoms with Gasteiger partial charge in [-0.25, -0.2) is 9.59 Å². The number of carbonyl (C=O) groups is 6. The summed E-state index contributed by atoms with van der Waals surface area (Å²) in [5, 5.41) is 11.4. The van der Waals surface area contributed by atoms with E-state index in [1.807, 2.05) is 90.0 Å². The third kappa shape index (κ3) is 23.5. The van der Waals surface area contributed by atoms with Crippen LogP contribution in [0, 0.1) is 39.9 Å². The highest BCUT2D eigenvalue weighted by atomic mass is 16.2. The lowest BCUT2D eigenvalue weighted by atomic mass is 9.77. The number of nitrogens with two attached hydrogens (primary N) is 2. The van der Waals surface area contributed by atoms with Gasteiger partial charge in [0.05, 0.1) is 12.1 Å². The lowest BCUT2D eigenvalue weighted by Gasteiger charge is -2.32. The first-order valence-corrected chi connectivity index (χ1v) is 19.1. The van der Waals surface area contributed by atoms with Crippen LogP contribution in [-0.2, 0) is 19.2 Å². The van der Waals surface area contributed by atoms with Gasteiger partial charge in [0.25, 0.3) is 0 Å². The van der Waals surface area contributed by atoms with Crippen molar-refractivity contribution in [1.29, 1.82) is 0 Å². The Morgan fingerprint density at radius 3 is 1.40 bits per heavy atom. The predicted molar refractivity (Wildman–Crippen MR) is 212 cm³/mol. The second kappa shape index (κ2) is 22.3. The first-order chi connectivity index (χ1) is 23.3. The fourth-order valence-electron chi connectivity index (χ4n) is 5.83. The fraction of sp³-hybridized carbons (Fsp3) is 0.850. The molecule has 4 unspecified atom stereocenters. The molecule has 0 saturated carbocycles. The molecule has 52 heavy (non-hydrogen) atoms. The molecular weight excluding hydrogens is 660 g/mol. The van der Waals surface area contributed by atoms with Crippen LogP contribution in [0.4, 0.5) is 9.59 Å². The number of ketones is 3. The zero-order valence-electron chi connectivity index (χ0n) is 35.7. The van der Waals surface area contributed by atoms with Gasteiger partial charge in [-0.3, -0.25) is 19.2 Å². The van der Waals surface area contributed by atoms with Gasteiger partial charge in [-0.15, -0.1) is 0 Å². The minimum atomic E-state index is -0.585. The Bertz CT molecular complexity index is 1070. The van der Waals surface area contributed by atoms with Crippen molar-refractivity contribution in [3.8, 4) is 0 Å². The van der Waals surface area contributed by atoms with Crippen molar-refractivity contribution < 1.29 is 28.8 Å². The Kier molecular flexibility index (Phi) is 21.9. The number of nitrogens with one attached hydrogen (secondary N) is 4. The van der Waals surface area contributed by atoms with Crippen molar-refractivity contribution in [2.75, 3.05) is 13.1 Å². The molecule has 304 valence electrons. The molecule has 0 rings (SSSR count). The molecule has 0 radical (unpaired) electrons. The first kappa shape index (κ1) is 51.1. The van der Waals surface area contributed by atoms with E-state index in [9.17, 15) is 28.8 Å². The highest BCUT2D eigenvalue weighted by Crippen LogP contribution is 2.30. The summed E-state index contributed by atoms with van der Waals surface area (Å²) < 4.78 is 0. The zero-order chi connectivity index (χ0) is 41.4. The SMILES string of the molecule is CC(C)C(CC(C)(C)C)C(=O)NC(CCCNC(N)=O)C(=O)C(C)(C)C.CC(C)C(NC(C)(C)C)C(=O)CC(CCCNC(N)=O)C(=O)C(C)(C)C. The molecule has 0 aromatic heterocycles. The molecule has 0 fully saturated rings. The van der Waals surface area contributed by atoms with Crippen molar-refractivity contribution in [2.24, 2.45) is 51.4 Å². The summed E-state index contributed by atoms with van der Waals surface area (Å²) in [5.41, 5.74) is 8.93. The van der Waals surface area contributed by atoms with Gasteiger partial charge < -0.3 is 32.7 Å². The van der Waals surface area contributed by atoms with Gasteiger partial charge in [0.1, 0.15) is 5.78 Å². The van der Waals surface area contributed by atoms with Crippen molar-refractivity contribution in [1.82, 2.24) is 21.3 Å². The average molecular weight is 739 g/mol. The van der Waals surface area contributed by atoms with E-state index in [1.165, 1.54) is 0 Å². The maximum atomic E-state index is 12.9. The van der Waals surface area contributed by atoms with Crippen LogP contribution in [0.3, 0.4) is 0 Å². The average Bonchev–Trinajstić information content (AvgIpc) is 2.94. The number of hydrogen-bond donors (Lipinski definition) is 6. The van der Waals surface area contributed by atoms with Crippen molar-refractivity contribution in [3.05, 3.63) is 0 Å². The van der Waals surface area contributed by atoms with E-state index in [0.717, 1.165) is 6.42 Å². The summed E-state index contributed by atoms with van der Waals surface area (Å²) in [6.45, 7) is 32.5. The van der Waals surface area contributed by atoms with E-state index < -0.39 is 28.9 Å². The number of urea groups is 2. The number of rotatable bonds is 19. The van der Waals surface area contributed by atoms with Gasteiger partial charge in [0, 0.05) is 47.7 Å². The molecule has 5 amide bonds.